The van der Waals surface area contributed by atoms with E-state index in [0.29, 0.717) is 5.92 Å². The van der Waals surface area contributed by atoms with E-state index in [0.717, 1.165) is 12.1 Å². The maximum absolute atomic E-state index is 9.05. The molecule has 2 unspecified atom stereocenters. The van der Waals surface area contributed by atoms with Crippen LogP contribution in [0.2, 0.25) is 0 Å². The molecule has 1 aromatic carbocycles. The Morgan fingerprint density at radius 2 is 2.20 bits per heavy atom. The van der Waals surface area contributed by atoms with E-state index in [-0.39, 0.29) is 6.04 Å². The molecule has 0 saturated carbocycles. The van der Waals surface area contributed by atoms with Crippen molar-refractivity contribution < 1.29 is 0 Å². The fourth-order valence-corrected chi connectivity index (χ4v) is 1.45. The molecule has 1 N–H and O–H groups in total. The van der Waals surface area contributed by atoms with Gasteiger partial charge < -0.3 is 5.32 Å². The largest absolute Gasteiger partial charge is 0.370 e. The van der Waals surface area contributed by atoms with Crippen LogP contribution in [0.1, 0.15) is 25.8 Å². The number of anilines is 1. The van der Waals surface area contributed by atoms with Crippen molar-refractivity contribution in [2.24, 2.45) is 5.92 Å². The second kappa shape index (κ2) is 5.41. The lowest BCUT2D eigenvalue weighted by Crippen LogP contribution is -2.25. The summed E-state index contributed by atoms with van der Waals surface area (Å²) in [7, 11) is 0. The molecule has 0 bridgehead atoms. The molecule has 2 nitrogen and oxygen atoms in total. The lowest BCUT2D eigenvalue weighted by atomic mass is 10.00. The molecule has 1 rings (SSSR count). The van der Waals surface area contributed by atoms with Gasteiger partial charge >= 0.3 is 0 Å². The third kappa shape index (κ3) is 3.28. The summed E-state index contributed by atoms with van der Waals surface area (Å²) in [4.78, 5) is 0. The van der Waals surface area contributed by atoms with Crippen molar-refractivity contribution in [1.82, 2.24) is 0 Å². The Morgan fingerprint density at radius 3 is 2.73 bits per heavy atom. The highest BCUT2D eigenvalue weighted by atomic mass is 14.9. The Bertz CT molecular complexity index is 352. The highest BCUT2D eigenvalue weighted by Gasteiger charge is 2.14. The lowest BCUT2D eigenvalue weighted by molar-refractivity contribution is 0.533. The maximum atomic E-state index is 9.05. The third-order valence-electron chi connectivity index (χ3n) is 2.69. The van der Waals surface area contributed by atoms with Gasteiger partial charge in [0.25, 0.3) is 0 Å². The van der Waals surface area contributed by atoms with E-state index in [1.807, 2.05) is 12.1 Å². The maximum Gasteiger partial charge on any atom is 0.117 e. The molecule has 0 amide bonds. The third-order valence-corrected chi connectivity index (χ3v) is 2.69. The molecule has 2 heteroatoms. The first-order chi connectivity index (χ1) is 7.17. The zero-order chi connectivity index (χ0) is 11.3. The summed E-state index contributed by atoms with van der Waals surface area (Å²) in [6.07, 6.45) is 1.01. The van der Waals surface area contributed by atoms with Crippen molar-refractivity contribution in [3.05, 3.63) is 29.8 Å². The number of hydrogen-bond acceptors (Lipinski definition) is 2. The fraction of sp³-hybridized carbons (Fsp3) is 0.462. The topological polar surface area (TPSA) is 35.8 Å². The van der Waals surface area contributed by atoms with E-state index >= 15 is 0 Å². The second-order valence-corrected chi connectivity index (χ2v) is 4.01. The molecule has 0 aromatic heterocycles. The molecule has 0 aliphatic carbocycles. The van der Waals surface area contributed by atoms with Crippen LogP contribution in [-0.2, 0) is 0 Å². The van der Waals surface area contributed by atoms with Gasteiger partial charge in [0, 0.05) is 5.69 Å². The minimum atomic E-state index is -0.100. The van der Waals surface area contributed by atoms with Crippen LogP contribution in [0.15, 0.2) is 24.3 Å². The van der Waals surface area contributed by atoms with Crippen LogP contribution in [0.25, 0.3) is 0 Å². The van der Waals surface area contributed by atoms with E-state index in [1.165, 1.54) is 5.56 Å². The van der Waals surface area contributed by atoms with E-state index in [2.05, 4.69) is 44.3 Å². The predicted octanol–water partition coefficient (Wildman–Crippen LogP) is 3.35. The first kappa shape index (κ1) is 11.6. The molecule has 0 spiro atoms. The summed E-state index contributed by atoms with van der Waals surface area (Å²) in [5.41, 5.74) is 2.24. The average molecular weight is 202 g/mol. The molecule has 0 saturated heterocycles. The SMILES string of the molecule is CCC(C)C(C#N)Nc1cccc(C)c1. The monoisotopic (exact) mass is 202 g/mol. The first-order valence-corrected chi connectivity index (χ1v) is 5.40. The smallest absolute Gasteiger partial charge is 0.117 e. The number of nitrogens with zero attached hydrogens (tertiary/aromatic N) is 1. The van der Waals surface area contributed by atoms with E-state index in [4.69, 9.17) is 5.26 Å². The van der Waals surface area contributed by atoms with Gasteiger partial charge in [-0.25, -0.2) is 0 Å². The van der Waals surface area contributed by atoms with Gasteiger partial charge in [0.1, 0.15) is 6.04 Å². The average Bonchev–Trinajstić information content (AvgIpc) is 2.25. The molecule has 2 atom stereocenters. The Hall–Kier alpha value is -1.49. The summed E-state index contributed by atoms with van der Waals surface area (Å²) >= 11 is 0. The lowest BCUT2D eigenvalue weighted by Gasteiger charge is -2.18. The molecule has 0 aliphatic rings. The molecule has 15 heavy (non-hydrogen) atoms. The Morgan fingerprint density at radius 1 is 1.47 bits per heavy atom. The molecular formula is C13H18N2. The van der Waals surface area contributed by atoms with Crippen LogP contribution in [0.4, 0.5) is 5.69 Å². The van der Waals surface area contributed by atoms with Gasteiger partial charge in [-0.15, -0.1) is 0 Å². The van der Waals surface area contributed by atoms with Crippen LogP contribution in [0, 0.1) is 24.2 Å². The molecular weight excluding hydrogens is 184 g/mol. The zero-order valence-corrected chi connectivity index (χ0v) is 9.62. The van der Waals surface area contributed by atoms with Gasteiger partial charge in [0.15, 0.2) is 0 Å². The zero-order valence-electron chi connectivity index (χ0n) is 9.62. The van der Waals surface area contributed by atoms with Gasteiger partial charge in [-0.3, -0.25) is 0 Å². The summed E-state index contributed by atoms with van der Waals surface area (Å²) in [5.74, 6) is 0.371. The van der Waals surface area contributed by atoms with Crippen molar-refractivity contribution in [3.8, 4) is 6.07 Å². The predicted molar refractivity (Wildman–Crippen MR) is 63.7 cm³/mol. The number of aryl methyl sites for hydroxylation is 1. The summed E-state index contributed by atoms with van der Waals surface area (Å²) in [6.45, 7) is 6.25. The van der Waals surface area contributed by atoms with E-state index in [9.17, 15) is 0 Å². The van der Waals surface area contributed by atoms with Crippen molar-refractivity contribution in [3.63, 3.8) is 0 Å². The van der Waals surface area contributed by atoms with Crippen molar-refractivity contribution >= 4 is 5.69 Å². The summed E-state index contributed by atoms with van der Waals surface area (Å²) in [5, 5.41) is 12.3. The molecule has 0 aliphatic heterocycles. The van der Waals surface area contributed by atoms with Crippen LogP contribution < -0.4 is 5.32 Å². The fourth-order valence-electron chi connectivity index (χ4n) is 1.45. The Balaban J connectivity index is 2.72. The van der Waals surface area contributed by atoms with Crippen LogP contribution in [0.3, 0.4) is 0 Å². The summed E-state index contributed by atoms with van der Waals surface area (Å²) < 4.78 is 0. The molecule has 0 heterocycles. The van der Waals surface area contributed by atoms with E-state index < -0.39 is 0 Å². The molecule has 1 aromatic rings. The highest BCUT2D eigenvalue weighted by Crippen LogP contribution is 2.15. The van der Waals surface area contributed by atoms with Crippen molar-refractivity contribution in [1.29, 1.82) is 5.26 Å². The number of nitriles is 1. The van der Waals surface area contributed by atoms with Gasteiger partial charge in [-0.2, -0.15) is 5.26 Å². The Labute approximate surface area is 91.9 Å². The molecule has 0 radical (unpaired) electrons. The van der Waals surface area contributed by atoms with Crippen molar-refractivity contribution in [2.45, 2.75) is 33.2 Å². The number of nitrogens with one attached hydrogen (secondary N) is 1. The number of rotatable bonds is 4. The molecule has 80 valence electrons. The minimum absolute atomic E-state index is 0.100. The standard InChI is InChI=1S/C13H18N2/c1-4-11(3)13(9-14)15-12-7-5-6-10(2)8-12/h5-8,11,13,15H,4H2,1-3H3. The first-order valence-electron chi connectivity index (χ1n) is 5.40. The summed E-state index contributed by atoms with van der Waals surface area (Å²) in [6, 6.07) is 10.3. The van der Waals surface area contributed by atoms with Crippen LogP contribution in [-0.4, -0.2) is 6.04 Å². The molecule has 0 fully saturated rings. The van der Waals surface area contributed by atoms with Crippen molar-refractivity contribution in [2.75, 3.05) is 5.32 Å². The minimum Gasteiger partial charge on any atom is -0.370 e. The highest BCUT2D eigenvalue weighted by molar-refractivity contribution is 5.47. The van der Waals surface area contributed by atoms with Crippen LogP contribution in [0.5, 0.6) is 0 Å². The van der Waals surface area contributed by atoms with Gasteiger partial charge in [0.2, 0.25) is 0 Å². The van der Waals surface area contributed by atoms with Gasteiger partial charge in [0.05, 0.1) is 6.07 Å². The van der Waals surface area contributed by atoms with Gasteiger partial charge in [-0.05, 0) is 30.5 Å². The quantitative estimate of drug-likeness (QED) is 0.812. The number of hydrogen-bond donors (Lipinski definition) is 1. The van der Waals surface area contributed by atoms with E-state index in [1.54, 1.807) is 0 Å². The van der Waals surface area contributed by atoms with Crippen LogP contribution >= 0.6 is 0 Å². The Kier molecular flexibility index (Phi) is 4.17. The number of benzene rings is 1. The second-order valence-electron chi connectivity index (χ2n) is 4.01. The van der Waals surface area contributed by atoms with Gasteiger partial charge in [-0.1, -0.05) is 32.4 Å². The normalized spacial score (nSPS) is 14.0.